The Morgan fingerprint density at radius 1 is 1.00 bits per heavy atom. The number of hydrogen-bond acceptors (Lipinski definition) is 5. The van der Waals surface area contributed by atoms with E-state index in [0.717, 1.165) is 0 Å². The normalized spacial score (nSPS) is 15.0. The van der Waals surface area contributed by atoms with E-state index in [1.165, 1.54) is 30.3 Å². The zero-order chi connectivity index (χ0) is 19.5. The van der Waals surface area contributed by atoms with Crippen molar-refractivity contribution in [1.82, 2.24) is 19.9 Å². The van der Waals surface area contributed by atoms with E-state index in [2.05, 4.69) is 15.0 Å². The lowest BCUT2D eigenvalue weighted by molar-refractivity contribution is 0.0624. The van der Waals surface area contributed by atoms with E-state index in [0.29, 0.717) is 49.7 Å². The molecule has 28 heavy (non-hydrogen) atoms. The molecule has 8 heteroatoms. The van der Waals surface area contributed by atoms with E-state index >= 15 is 0 Å². The first-order chi connectivity index (χ1) is 13.6. The molecule has 1 aromatic heterocycles. The Balaban J connectivity index is 1.34. The van der Waals surface area contributed by atoms with Crippen LogP contribution in [0.3, 0.4) is 0 Å². The quantitative estimate of drug-likeness (QED) is 0.692. The molecule has 1 aliphatic heterocycles. The lowest BCUT2D eigenvalue weighted by Crippen LogP contribution is -2.48. The van der Waals surface area contributed by atoms with Gasteiger partial charge in [-0.2, -0.15) is 4.98 Å². The SMILES string of the molecule is O=C(c1cccc(F)c1)N1CCN(Cc2noc(-c3cccc(F)c3)n2)CC1. The van der Waals surface area contributed by atoms with Gasteiger partial charge in [0.2, 0.25) is 0 Å². The van der Waals surface area contributed by atoms with Gasteiger partial charge in [-0.1, -0.05) is 17.3 Å². The summed E-state index contributed by atoms with van der Waals surface area (Å²) in [5.74, 6) is -0.183. The molecular formula is C20H18F2N4O2. The van der Waals surface area contributed by atoms with Gasteiger partial charge in [-0.15, -0.1) is 0 Å². The van der Waals surface area contributed by atoms with E-state index in [1.807, 2.05) is 0 Å². The largest absolute Gasteiger partial charge is 0.336 e. The molecule has 0 bridgehead atoms. The first kappa shape index (κ1) is 18.2. The van der Waals surface area contributed by atoms with Gasteiger partial charge in [0.25, 0.3) is 11.8 Å². The molecule has 1 fully saturated rings. The summed E-state index contributed by atoms with van der Waals surface area (Å²) >= 11 is 0. The van der Waals surface area contributed by atoms with Gasteiger partial charge in [-0.25, -0.2) is 8.78 Å². The van der Waals surface area contributed by atoms with E-state index in [9.17, 15) is 13.6 Å². The van der Waals surface area contributed by atoms with Crippen LogP contribution in [0.15, 0.2) is 53.1 Å². The number of benzene rings is 2. The topological polar surface area (TPSA) is 62.5 Å². The molecule has 2 aromatic carbocycles. The molecule has 3 aromatic rings. The monoisotopic (exact) mass is 384 g/mol. The number of carbonyl (C=O) groups is 1. The van der Waals surface area contributed by atoms with Crippen molar-refractivity contribution < 1.29 is 18.1 Å². The molecule has 4 rings (SSSR count). The molecule has 0 atom stereocenters. The molecule has 0 N–H and O–H groups in total. The number of amides is 1. The summed E-state index contributed by atoms with van der Waals surface area (Å²) in [6.07, 6.45) is 0. The summed E-state index contributed by atoms with van der Waals surface area (Å²) in [4.78, 5) is 20.6. The van der Waals surface area contributed by atoms with E-state index in [-0.39, 0.29) is 17.6 Å². The highest BCUT2D eigenvalue weighted by molar-refractivity contribution is 5.94. The lowest BCUT2D eigenvalue weighted by Gasteiger charge is -2.34. The zero-order valence-corrected chi connectivity index (χ0v) is 15.0. The highest BCUT2D eigenvalue weighted by Gasteiger charge is 2.23. The van der Waals surface area contributed by atoms with Crippen molar-refractivity contribution in [3.05, 3.63) is 71.6 Å². The lowest BCUT2D eigenvalue weighted by atomic mass is 10.1. The van der Waals surface area contributed by atoms with Crippen molar-refractivity contribution in [2.45, 2.75) is 6.54 Å². The number of piperazine rings is 1. The van der Waals surface area contributed by atoms with Gasteiger partial charge in [-0.3, -0.25) is 9.69 Å². The fourth-order valence-corrected chi connectivity index (χ4v) is 3.17. The fourth-order valence-electron chi connectivity index (χ4n) is 3.17. The Morgan fingerprint density at radius 3 is 2.43 bits per heavy atom. The molecule has 0 aliphatic carbocycles. The van der Waals surface area contributed by atoms with Crippen molar-refractivity contribution in [1.29, 1.82) is 0 Å². The van der Waals surface area contributed by atoms with Crippen LogP contribution in [0.2, 0.25) is 0 Å². The summed E-state index contributed by atoms with van der Waals surface area (Å²) in [5, 5.41) is 3.96. The maximum Gasteiger partial charge on any atom is 0.258 e. The van der Waals surface area contributed by atoms with Crippen molar-refractivity contribution in [3.8, 4) is 11.5 Å². The van der Waals surface area contributed by atoms with Crippen LogP contribution in [0.4, 0.5) is 8.78 Å². The van der Waals surface area contributed by atoms with Crippen molar-refractivity contribution in [2.75, 3.05) is 26.2 Å². The average molecular weight is 384 g/mol. The number of nitrogens with zero attached hydrogens (tertiary/aromatic N) is 4. The van der Waals surface area contributed by atoms with Crippen LogP contribution in [-0.2, 0) is 6.54 Å². The summed E-state index contributed by atoms with van der Waals surface area (Å²) in [7, 11) is 0. The molecule has 0 saturated carbocycles. The van der Waals surface area contributed by atoms with E-state index in [4.69, 9.17) is 4.52 Å². The zero-order valence-electron chi connectivity index (χ0n) is 15.0. The van der Waals surface area contributed by atoms with Crippen LogP contribution >= 0.6 is 0 Å². The second kappa shape index (κ2) is 7.85. The minimum absolute atomic E-state index is 0.174. The Labute approximate surface area is 160 Å². The molecular weight excluding hydrogens is 366 g/mol. The van der Waals surface area contributed by atoms with Gasteiger partial charge >= 0.3 is 0 Å². The van der Waals surface area contributed by atoms with Crippen LogP contribution in [-0.4, -0.2) is 52.0 Å². The molecule has 0 spiro atoms. The van der Waals surface area contributed by atoms with E-state index in [1.54, 1.807) is 23.1 Å². The number of halogens is 2. The van der Waals surface area contributed by atoms with E-state index < -0.39 is 5.82 Å². The molecule has 0 unspecified atom stereocenters. The number of hydrogen-bond donors (Lipinski definition) is 0. The summed E-state index contributed by atoms with van der Waals surface area (Å²) < 4.78 is 31.9. The van der Waals surface area contributed by atoms with Crippen LogP contribution in [0.1, 0.15) is 16.2 Å². The molecule has 1 aliphatic rings. The fraction of sp³-hybridized carbons (Fsp3) is 0.250. The summed E-state index contributed by atoms with van der Waals surface area (Å²) in [6.45, 7) is 2.82. The minimum atomic E-state index is -0.421. The highest BCUT2D eigenvalue weighted by atomic mass is 19.1. The second-order valence-corrected chi connectivity index (χ2v) is 6.60. The maximum absolute atomic E-state index is 13.3. The van der Waals surface area contributed by atoms with Gasteiger partial charge in [0.15, 0.2) is 5.82 Å². The smallest absolute Gasteiger partial charge is 0.258 e. The van der Waals surface area contributed by atoms with Crippen molar-refractivity contribution in [3.63, 3.8) is 0 Å². The molecule has 0 radical (unpaired) electrons. The number of aromatic nitrogens is 2. The van der Waals surface area contributed by atoms with Gasteiger partial charge in [0, 0.05) is 37.3 Å². The Morgan fingerprint density at radius 2 is 1.71 bits per heavy atom. The summed E-state index contributed by atoms with van der Waals surface area (Å²) in [6, 6.07) is 11.7. The third-order valence-electron chi connectivity index (χ3n) is 4.64. The maximum atomic E-state index is 13.3. The molecule has 1 saturated heterocycles. The van der Waals surface area contributed by atoms with Crippen molar-refractivity contribution >= 4 is 5.91 Å². The Kier molecular flexibility index (Phi) is 5.12. The van der Waals surface area contributed by atoms with Gasteiger partial charge in [0.05, 0.1) is 6.54 Å². The highest BCUT2D eigenvalue weighted by Crippen LogP contribution is 2.19. The molecule has 2 heterocycles. The predicted molar refractivity (Wildman–Crippen MR) is 97.3 cm³/mol. The standard InChI is InChI=1S/C20H18F2N4O2/c21-16-5-1-3-14(11-16)19-23-18(24-28-19)13-25-7-9-26(10-8-25)20(27)15-4-2-6-17(22)12-15/h1-6,11-12H,7-10,13H2. The molecule has 6 nitrogen and oxygen atoms in total. The predicted octanol–water partition coefficient (Wildman–Crippen LogP) is 2.97. The first-order valence-corrected chi connectivity index (χ1v) is 8.94. The van der Waals surface area contributed by atoms with Crippen LogP contribution in [0, 0.1) is 11.6 Å². The Bertz CT molecular complexity index is 984. The Hall–Kier alpha value is -3.13. The van der Waals surface area contributed by atoms with Gasteiger partial charge in [-0.05, 0) is 36.4 Å². The number of carbonyl (C=O) groups excluding carboxylic acids is 1. The summed E-state index contributed by atoms with van der Waals surface area (Å²) in [5.41, 5.74) is 0.885. The third kappa shape index (κ3) is 4.07. The van der Waals surface area contributed by atoms with Gasteiger partial charge < -0.3 is 9.42 Å². The van der Waals surface area contributed by atoms with Crippen LogP contribution in [0.5, 0.6) is 0 Å². The number of rotatable bonds is 4. The third-order valence-corrected chi connectivity index (χ3v) is 4.64. The van der Waals surface area contributed by atoms with Crippen LogP contribution in [0.25, 0.3) is 11.5 Å². The minimum Gasteiger partial charge on any atom is -0.336 e. The van der Waals surface area contributed by atoms with Gasteiger partial charge in [0.1, 0.15) is 11.6 Å². The molecule has 144 valence electrons. The van der Waals surface area contributed by atoms with Crippen LogP contribution < -0.4 is 0 Å². The average Bonchev–Trinajstić information content (AvgIpc) is 3.17. The first-order valence-electron chi connectivity index (χ1n) is 8.94. The van der Waals surface area contributed by atoms with Crippen molar-refractivity contribution in [2.24, 2.45) is 0 Å². The molecule has 1 amide bonds. The second-order valence-electron chi connectivity index (χ2n) is 6.60.